The van der Waals surface area contributed by atoms with Crippen molar-refractivity contribution in [3.8, 4) is 0 Å². The average Bonchev–Trinajstić information content (AvgIpc) is 2.75. The lowest BCUT2D eigenvalue weighted by Crippen LogP contribution is -2.35. The monoisotopic (exact) mass is 276 g/mol. The van der Waals surface area contributed by atoms with Gasteiger partial charge in [0.15, 0.2) is 0 Å². The number of ether oxygens (including phenoxy) is 1. The molecule has 3 aliphatic rings. The molecule has 3 atom stereocenters. The molecule has 1 N–H and O–H groups in total. The Labute approximate surface area is 122 Å². The Morgan fingerprint density at radius 2 is 2.20 bits per heavy atom. The smallest absolute Gasteiger partial charge is 0.0999 e. The van der Waals surface area contributed by atoms with Crippen molar-refractivity contribution in [2.24, 2.45) is 5.41 Å². The third-order valence-corrected chi connectivity index (χ3v) is 5.58. The van der Waals surface area contributed by atoms with Crippen molar-refractivity contribution < 1.29 is 9.84 Å². The summed E-state index contributed by atoms with van der Waals surface area (Å²) in [5.41, 5.74) is 2.83. The number of hydrogen-bond donors (Lipinski definition) is 1. The van der Waals surface area contributed by atoms with E-state index in [1.807, 2.05) is 0 Å². The van der Waals surface area contributed by atoms with E-state index in [1.165, 1.54) is 42.6 Å². The van der Waals surface area contributed by atoms with E-state index in [4.69, 9.17) is 4.74 Å². The molecule has 0 saturated carbocycles. The van der Waals surface area contributed by atoms with Gasteiger partial charge in [0.05, 0.1) is 18.0 Å². The van der Waals surface area contributed by atoms with Crippen LogP contribution in [-0.4, -0.2) is 17.3 Å². The largest absolute Gasteiger partial charge is 0.494 e. The molecule has 0 spiro atoms. The van der Waals surface area contributed by atoms with E-state index in [-0.39, 0.29) is 11.5 Å². The van der Waals surface area contributed by atoms with E-state index in [1.54, 1.807) is 0 Å². The molecule has 0 radical (unpaired) electrons. The summed E-state index contributed by atoms with van der Waals surface area (Å²) in [5.74, 6) is 1.25. The minimum Gasteiger partial charge on any atom is -0.494 e. The SMILES string of the molecule is CCCCCC1CCC2=C(CCC3(C)C2=CCC3O)O1. The van der Waals surface area contributed by atoms with Gasteiger partial charge in [0.1, 0.15) is 0 Å². The number of unbranched alkanes of at least 4 members (excludes halogenated alkanes) is 2. The zero-order valence-corrected chi connectivity index (χ0v) is 13.0. The molecule has 2 heteroatoms. The van der Waals surface area contributed by atoms with Crippen LogP contribution in [-0.2, 0) is 4.74 Å². The van der Waals surface area contributed by atoms with Crippen LogP contribution in [0.15, 0.2) is 23.0 Å². The van der Waals surface area contributed by atoms with Gasteiger partial charge < -0.3 is 9.84 Å². The van der Waals surface area contributed by atoms with Crippen LogP contribution >= 0.6 is 0 Å². The second kappa shape index (κ2) is 5.55. The molecule has 0 bridgehead atoms. The third kappa shape index (κ3) is 2.32. The molecule has 0 aromatic heterocycles. The fourth-order valence-corrected chi connectivity index (χ4v) is 4.14. The fourth-order valence-electron chi connectivity index (χ4n) is 4.14. The number of allylic oxidation sites excluding steroid dienone is 2. The van der Waals surface area contributed by atoms with Crippen molar-refractivity contribution >= 4 is 0 Å². The highest BCUT2D eigenvalue weighted by molar-refractivity contribution is 5.45. The van der Waals surface area contributed by atoms with Gasteiger partial charge in [0.2, 0.25) is 0 Å². The van der Waals surface area contributed by atoms with E-state index >= 15 is 0 Å². The molecule has 2 aliphatic carbocycles. The first-order chi connectivity index (χ1) is 9.65. The van der Waals surface area contributed by atoms with Crippen molar-refractivity contribution in [2.45, 2.75) is 83.8 Å². The number of hydrogen-bond acceptors (Lipinski definition) is 2. The Kier molecular flexibility index (Phi) is 3.94. The lowest BCUT2D eigenvalue weighted by molar-refractivity contribution is 0.0385. The summed E-state index contributed by atoms with van der Waals surface area (Å²) in [6.07, 6.45) is 12.8. The first-order valence-electron chi connectivity index (χ1n) is 8.43. The molecule has 3 unspecified atom stereocenters. The van der Waals surface area contributed by atoms with Gasteiger partial charge in [-0.15, -0.1) is 0 Å². The van der Waals surface area contributed by atoms with Gasteiger partial charge in [-0.25, -0.2) is 0 Å². The predicted molar refractivity (Wildman–Crippen MR) is 81.3 cm³/mol. The number of aliphatic hydroxyl groups excluding tert-OH is 1. The first kappa shape index (κ1) is 14.2. The van der Waals surface area contributed by atoms with Gasteiger partial charge in [-0.3, -0.25) is 0 Å². The molecule has 0 amide bonds. The maximum absolute atomic E-state index is 10.3. The molecule has 112 valence electrons. The Bertz CT molecular complexity index is 435. The normalized spacial score (nSPS) is 36.2. The first-order valence-corrected chi connectivity index (χ1v) is 8.43. The quantitative estimate of drug-likeness (QED) is 0.767. The van der Waals surface area contributed by atoms with E-state index in [0.717, 1.165) is 32.1 Å². The van der Waals surface area contributed by atoms with Crippen molar-refractivity contribution in [2.75, 3.05) is 0 Å². The van der Waals surface area contributed by atoms with Crippen molar-refractivity contribution in [1.29, 1.82) is 0 Å². The van der Waals surface area contributed by atoms with Gasteiger partial charge in [-0.2, -0.15) is 0 Å². The average molecular weight is 276 g/mol. The third-order valence-electron chi connectivity index (χ3n) is 5.58. The molecule has 3 rings (SSSR count). The van der Waals surface area contributed by atoms with Crippen molar-refractivity contribution in [3.63, 3.8) is 0 Å². The Morgan fingerprint density at radius 1 is 1.35 bits per heavy atom. The highest BCUT2D eigenvalue weighted by Crippen LogP contribution is 2.53. The summed E-state index contributed by atoms with van der Waals surface area (Å²) in [5, 5.41) is 10.3. The summed E-state index contributed by atoms with van der Waals surface area (Å²) in [6.45, 7) is 4.48. The second-order valence-electron chi connectivity index (χ2n) is 6.96. The van der Waals surface area contributed by atoms with Crippen LogP contribution in [0.3, 0.4) is 0 Å². The lowest BCUT2D eigenvalue weighted by atomic mass is 9.69. The van der Waals surface area contributed by atoms with Crippen LogP contribution in [0.2, 0.25) is 0 Å². The highest BCUT2D eigenvalue weighted by atomic mass is 16.5. The van der Waals surface area contributed by atoms with E-state index in [9.17, 15) is 5.11 Å². The van der Waals surface area contributed by atoms with Crippen molar-refractivity contribution in [3.05, 3.63) is 23.0 Å². The molecule has 1 heterocycles. The summed E-state index contributed by atoms with van der Waals surface area (Å²) in [7, 11) is 0. The molecular weight excluding hydrogens is 248 g/mol. The van der Waals surface area contributed by atoms with Gasteiger partial charge in [-0.05, 0) is 49.7 Å². The number of aliphatic hydroxyl groups is 1. The van der Waals surface area contributed by atoms with Gasteiger partial charge in [0, 0.05) is 11.8 Å². The molecule has 20 heavy (non-hydrogen) atoms. The molecular formula is C18H28O2. The summed E-state index contributed by atoms with van der Waals surface area (Å²) in [4.78, 5) is 0. The standard InChI is InChI=1S/C18H28O2/c1-3-4-5-6-13-7-8-14-15-9-10-17(19)18(15,2)12-11-16(14)20-13/h9,13,17,19H,3-8,10-12H2,1-2H3. The molecule has 0 saturated heterocycles. The van der Waals surface area contributed by atoms with Gasteiger partial charge >= 0.3 is 0 Å². The highest BCUT2D eigenvalue weighted by Gasteiger charge is 2.46. The van der Waals surface area contributed by atoms with Gasteiger partial charge in [-0.1, -0.05) is 32.8 Å². The topological polar surface area (TPSA) is 29.5 Å². The zero-order valence-electron chi connectivity index (χ0n) is 13.0. The maximum atomic E-state index is 10.3. The van der Waals surface area contributed by atoms with Crippen molar-refractivity contribution in [1.82, 2.24) is 0 Å². The minimum absolute atomic E-state index is 0.00274. The van der Waals surface area contributed by atoms with Crippen LogP contribution in [0.1, 0.15) is 71.6 Å². The number of rotatable bonds is 4. The molecule has 0 aromatic carbocycles. The molecule has 1 aliphatic heterocycles. The summed E-state index contributed by atoms with van der Waals surface area (Å²) >= 11 is 0. The van der Waals surface area contributed by atoms with Crippen LogP contribution < -0.4 is 0 Å². The van der Waals surface area contributed by atoms with Gasteiger partial charge in [0.25, 0.3) is 0 Å². The Morgan fingerprint density at radius 3 is 3.00 bits per heavy atom. The minimum atomic E-state index is -0.186. The Balaban J connectivity index is 1.70. The van der Waals surface area contributed by atoms with Crippen LogP contribution in [0.5, 0.6) is 0 Å². The molecule has 0 fully saturated rings. The van der Waals surface area contributed by atoms with E-state index in [2.05, 4.69) is 19.9 Å². The number of fused-ring (bicyclic) bond motifs is 2. The maximum Gasteiger partial charge on any atom is 0.0999 e. The van der Waals surface area contributed by atoms with E-state index < -0.39 is 0 Å². The van der Waals surface area contributed by atoms with E-state index in [0.29, 0.717) is 6.10 Å². The second-order valence-corrected chi connectivity index (χ2v) is 6.96. The predicted octanol–water partition coefficient (Wildman–Crippen LogP) is 4.49. The molecule has 2 nitrogen and oxygen atoms in total. The van der Waals surface area contributed by atoms with Crippen LogP contribution in [0, 0.1) is 5.41 Å². The lowest BCUT2D eigenvalue weighted by Gasteiger charge is -2.41. The zero-order chi connectivity index (χ0) is 14.2. The van der Waals surface area contributed by atoms with Crippen LogP contribution in [0.4, 0.5) is 0 Å². The summed E-state index contributed by atoms with van der Waals surface area (Å²) in [6, 6.07) is 0. The summed E-state index contributed by atoms with van der Waals surface area (Å²) < 4.78 is 6.28. The Hall–Kier alpha value is -0.760. The van der Waals surface area contributed by atoms with Crippen LogP contribution in [0.25, 0.3) is 0 Å². The molecule has 0 aromatic rings. The fraction of sp³-hybridized carbons (Fsp3) is 0.778.